The first-order valence-electron chi connectivity index (χ1n) is 8.83. The molecule has 1 N–H and O–H groups in total. The molecule has 3 aromatic rings. The molecule has 0 aliphatic carbocycles. The van der Waals surface area contributed by atoms with E-state index < -0.39 is 15.9 Å². The van der Waals surface area contributed by atoms with Crippen LogP contribution < -0.4 is 5.32 Å². The molecule has 1 aliphatic rings. The summed E-state index contributed by atoms with van der Waals surface area (Å²) in [6.45, 7) is 0.465. The van der Waals surface area contributed by atoms with Gasteiger partial charge in [-0.15, -0.1) is 27.8 Å². The van der Waals surface area contributed by atoms with Crippen LogP contribution in [-0.4, -0.2) is 41.9 Å². The lowest BCUT2D eigenvalue weighted by Crippen LogP contribution is -2.43. The van der Waals surface area contributed by atoms with Crippen LogP contribution in [0.2, 0.25) is 4.34 Å². The molecule has 1 atom stereocenters. The number of nitrogens with zero attached hydrogens (tertiary/aromatic N) is 3. The quantitative estimate of drug-likeness (QED) is 0.588. The zero-order chi connectivity index (χ0) is 20.4. The summed E-state index contributed by atoms with van der Waals surface area (Å²) in [7, 11) is -3.67. The Bertz CT molecular complexity index is 1090. The molecule has 1 saturated heterocycles. The third kappa shape index (κ3) is 4.69. The lowest BCUT2D eigenvalue weighted by Gasteiger charge is -2.30. The number of carbonyl (C=O) groups is 1. The number of hydrogen-bond donors (Lipinski definition) is 1. The SMILES string of the molecule is O=C(Nc1nnc(Cc2cccs2)o1)C1CCCN(S(=O)(=O)c2ccc(Cl)s2)C1. The maximum Gasteiger partial charge on any atom is 0.322 e. The molecule has 0 bridgehead atoms. The summed E-state index contributed by atoms with van der Waals surface area (Å²) in [5.74, 6) is -0.424. The molecular weight excluding hydrogens is 456 g/mol. The maximum absolute atomic E-state index is 12.8. The van der Waals surface area contributed by atoms with E-state index in [1.54, 1.807) is 17.4 Å². The molecule has 12 heteroatoms. The highest BCUT2D eigenvalue weighted by atomic mass is 35.5. The van der Waals surface area contributed by atoms with Gasteiger partial charge in [0.1, 0.15) is 4.21 Å². The van der Waals surface area contributed by atoms with Gasteiger partial charge in [-0.05, 0) is 36.4 Å². The van der Waals surface area contributed by atoms with Crippen LogP contribution in [0.5, 0.6) is 0 Å². The number of halogens is 1. The third-order valence-corrected chi connectivity index (χ3v) is 8.94. The second-order valence-corrected chi connectivity index (χ2v) is 11.4. The number of carbonyl (C=O) groups excluding carboxylic acids is 1. The Morgan fingerprint density at radius 3 is 2.93 bits per heavy atom. The minimum absolute atomic E-state index is 0.0200. The van der Waals surface area contributed by atoms with Crippen molar-refractivity contribution in [3.63, 3.8) is 0 Å². The van der Waals surface area contributed by atoms with Crippen molar-refractivity contribution in [2.24, 2.45) is 5.92 Å². The van der Waals surface area contributed by atoms with E-state index in [0.717, 1.165) is 16.2 Å². The number of piperidine rings is 1. The van der Waals surface area contributed by atoms with Gasteiger partial charge < -0.3 is 4.42 Å². The van der Waals surface area contributed by atoms with Crippen molar-refractivity contribution in [2.45, 2.75) is 23.5 Å². The number of aromatic nitrogens is 2. The average Bonchev–Trinajstić information content (AvgIpc) is 3.45. The lowest BCUT2D eigenvalue weighted by molar-refractivity contribution is -0.121. The average molecular weight is 473 g/mol. The number of rotatable bonds is 6. The number of hydrogen-bond acceptors (Lipinski definition) is 8. The number of sulfonamides is 1. The molecule has 1 aliphatic heterocycles. The van der Waals surface area contributed by atoms with Crippen molar-refractivity contribution >= 4 is 56.2 Å². The molecule has 154 valence electrons. The molecule has 1 amide bonds. The number of thiophene rings is 2. The highest BCUT2D eigenvalue weighted by Gasteiger charge is 2.34. The molecule has 3 aromatic heterocycles. The van der Waals surface area contributed by atoms with E-state index in [4.69, 9.17) is 16.0 Å². The molecule has 1 fully saturated rings. The van der Waals surface area contributed by atoms with Crippen LogP contribution in [0, 0.1) is 5.92 Å². The Balaban J connectivity index is 1.39. The van der Waals surface area contributed by atoms with Gasteiger partial charge >= 0.3 is 6.01 Å². The first-order valence-corrected chi connectivity index (χ1v) is 12.3. The molecular formula is C17H17ClN4O4S3. The fraction of sp³-hybridized carbons (Fsp3) is 0.353. The standard InChI is InChI=1S/C17H17ClN4O4S3/c18-13-5-6-15(28-13)29(24,25)22-7-1-3-11(10-22)16(23)19-17-21-20-14(26-17)9-12-4-2-8-27-12/h2,4-6,8,11H,1,3,7,9-10H2,(H,19,21,23). The van der Waals surface area contributed by atoms with Crippen molar-refractivity contribution in [3.05, 3.63) is 44.7 Å². The lowest BCUT2D eigenvalue weighted by atomic mass is 9.99. The second kappa shape index (κ2) is 8.52. The Kier molecular flexibility index (Phi) is 6.02. The van der Waals surface area contributed by atoms with Crippen molar-refractivity contribution < 1.29 is 17.6 Å². The van der Waals surface area contributed by atoms with Crippen LogP contribution in [0.15, 0.2) is 38.3 Å². The first-order chi connectivity index (χ1) is 13.9. The summed E-state index contributed by atoms with van der Waals surface area (Å²) in [5.41, 5.74) is 0. The van der Waals surface area contributed by atoms with E-state index in [1.165, 1.54) is 10.4 Å². The van der Waals surface area contributed by atoms with Gasteiger partial charge in [-0.3, -0.25) is 10.1 Å². The minimum atomic E-state index is -3.67. The number of nitrogens with one attached hydrogen (secondary N) is 1. The Morgan fingerprint density at radius 2 is 2.21 bits per heavy atom. The molecule has 1 unspecified atom stereocenters. The summed E-state index contributed by atoms with van der Waals surface area (Å²) in [5, 5.41) is 12.4. The van der Waals surface area contributed by atoms with E-state index in [-0.39, 0.29) is 22.7 Å². The zero-order valence-electron chi connectivity index (χ0n) is 15.1. The van der Waals surface area contributed by atoms with E-state index in [9.17, 15) is 13.2 Å². The zero-order valence-corrected chi connectivity index (χ0v) is 18.3. The summed E-state index contributed by atoms with van der Waals surface area (Å²) >= 11 is 8.46. The molecule has 4 rings (SSSR count). The molecule has 8 nitrogen and oxygen atoms in total. The Labute approximate surface area is 180 Å². The topological polar surface area (TPSA) is 105 Å². The smallest absolute Gasteiger partial charge is 0.322 e. The van der Waals surface area contributed by atoms with E-state index in [0.29, 0.717) is 36.0 Å². The molecule has 29 heavy (non-hydrogen) atoms. The first kappa shape index (κ1) is 20.5. The maximum atomic E-state index is 12.8. The summed E-state index contributed by atoms with van der Waals surface area (Å²) in [6.07, 6.45) is 1.67. The highest BCUT2D eigenvalue weighted by Crippen LogP contribution is 2.31. The van der Waals surface area contributed by atoms with Crippen molar-refractivity contribution in [2.75, 3.05) is 18.4 Å². The molecule has 0 spiro atoms. The normalized spacial score (nSPS) is 18.0. The molecule has 0 saturated carbocycles. The predicted octanol–water partition coefficient (Wildman–Crippen LogP) is 3.48. The largest absolute Gasteiger partial charge is 0.407 e. The van der Waals surface area contributed by atoms with Gasteiger partial charge in [-0.1, -0.05) is 22.8 Å². The van der Waals surface area contributed by atoms with Crippen LogP contribution in [0.1, 0.15) is 23.6 Å². The fourth-order valence-corrected chi connectivity index (χ4v) is 6.94. The predicted molar refractivity (Wildman–Crippen MR) is 111 cm³/mol. The van der Waals surface area contributed by atoms with Gasteiger partial charge in [-0.25, -0.2) is 8.42 Å². The summed E-state index contributed by atoms with van der Waals surface area (Å²) in [6, 6.07) is 6.96. The van der Waals surface area contributed by atoms with Crippen LogP contribution in [-0.2, 0) is 21.2 Å². The van der Waals surface area contributed by atoms with Gasteiger partial charge in [0.25, 0.3) is 10.0 Å². The Hall–Kier alpha value is -1.79. The molecule has 4 heterocycles. The minimum Gasteiger partial charge on any atom is -0.407 e. The van der Waals surface area contributed by atoms with Crippen molar-refractivity contribution in [3.8, 4) is 0 Å². The third-order valence-electron chi connectivity index (χ3n) is 4.50. The monoisotopic (exact) mass is 472 g/mol. The number of anilines is 1. The fourth-order valence-electron chi connectivity index (χ4n) is 3.08. The summed E-state index contributed by atoms with van der Waals surface area (Å²) < 4.78 is 33.0. The van der Waals surface area contributed by atoms with Gasteiger partial charge in [0, 0.05) is 18.0 Å². The van der Waals surface area contributed by atoms with Gasteiger partial charge in [0.15, 0.2) is 0 Å². The van der Waals surface area contributed by atoms with Crippen LogP contribution >= 0.6 is 34.3 Å². The number of amides is 1. The second-order valence-electron chi connectivity index (χ2n) is 6.51. The van der Waals surface area contributed by atoms with E-state index >= 15 is 0 Å². The van der Waals surface area contributed by atoms with Crippen molar-refractivity contribution in [1.82, 2.24) is 14.5 Å². The summed E-state index contributed by atoms with van der Waals surface area (Å²) in [4.78, 5) is 13.7. The Morgan fingerprint density at radius 1 is 1.34 bits per heavy atom. The van der Waals surface area contributed by atoms with Crippen molar-refractivity contribution in [1.29, 1.82) is 0 Å². The van der Waals surface area contributed by atoms with Gasteiger partial charge in [0.05, 0.1) is 16.7 Å². The van der Waals surface area contributed by atoms with Crippen LogP contribution in [0.25, 0.3) is 0 Å². The van der Waals surface area contributed by atoms with E-state index in [2.05, 4.69) is 15.5 Å². The molecule has 0 aromatic carbocycles. The highest BCUT2D eigenvalue weighted by molar-refractivity contribution is 7.91. The van der Waals surface area contributed by atoms with E-state index in [1.807, 2.05) is 17.5 Å². The molecule has 0 radical (unpaired) electrons. The van der Waals surface area contributed by atoms with Crippen LogP contribution in [0.4, 0.5) is 6.01 Å². The van der Waals surface area contributed by atoms with Gasteiger partial charge in [0.2, 0.25) is 11.8 Å². The van der Waals surface area contributed by atoms with Gasteiger partial charge in [-0.2, -0.15) is 4.31 Å². The van der Waals surface area contributed by atoms with Crippen LogP contribution in [0.3, 0.4) is 0 Å².